The molecule has 12 heteroatoms. The van der Waals surface area contributed by atoms with Crippen molar-refractivity contribution in [2.75, 3.05) is 16.7 Å². The van der Waals surface area contributed by atoms with E-state index in [1.165, 1.54) is 24.3 Å². The first-order chi connectivity index (χ1) is 17.7. The zero-order valence-corrected chi connectivity index (χ0v) is 18.5. The number of nitrogens with one attached hydrogen (secondary N) is 2. The van der Waals surface area contributed by atoms with Crippen LogP contribution in [-0.2, 0) is 5.60 Å². The molecule has 0 bridgehead atoms. The van der Waals surface area contributed by atoms with E-state index in [4.69, 9.17) is 14.3 Å². The zero-order chi connectivity index (χ0) is 27.8. The number of β-amino-alcohol motifs (C(OH)–C–C–N with tert-alkyl or cyclic N) is 1. The number of hydrogen-bond donors (Lipinski definition) is 3. The van der Waals surface area contributed by atoms with E-state index in [1.807, 2.05) is 0 Å². The minimum atomic E-state index is -5.64. The molecule has 0 aromatic heterocycles. The summed E-state index contributed by atoms with van der Waals surface area (Å²) in [5.41, 5.74) is -6.02. The van der Waals surface area contributed by atoms with Crippen LogP contribution in [0.15, 0.2) is 54.6 Å². The van der Waals surface area contributed by atoms with Gasteiger partial charge >= 0.3 is 12.2 Å². The van der Waals surface area contributed by atoms with Crippen molar-refractivity contribution in [1.82, 2.24) is 5.32 Å². The number of rotatable bonds is 2. The number of urea groups is 1. The second-order valence-electron chi connectivity index (χ2n) is 8.09. The van der Waals surface area contributed by atoms with Gasteiger partial charge in [-0.15, -0.1) is 0 Å². The first-order valence-electron chi connectivity index (χ1n) is 11.3. The lowest BCUT2D eigenvalue weighted by molar-refractivity contribution is -0.258. The Kier molecular flexibility index (Phi) is 4.90. The van der Waals surface area contributed by atoms with Crippen LogP contribution in [0.2, 0.25) is 5.02 Å². The largest absolute Gasteiger partial charge is 0.423 e. The molecule has 0 saturated carbocycles. The van der Waals surface area contributed by atoms with Crippen LogP contribution in [0.4, 0.5) is 38.1 Å². The lowest BCUT2D eigenvalue weighted by atomic mass is 9.95. The zero-order valence-electron chi connectivity index (χ0n) is 19.8. The fourth-order valence-electron chi connectivity index (χ4n) is 4.26. The van der Waals surface area contributed by atoms with Gasteiger partial charge in [-0.25, -0.2) is 13.6 Å². The van der Waals surface area contributed by atoms with Gasteiger partial charge in [0, 0.05) is 33.0 Å². The number of aliphatic hydroxyl groups is 1. The summed E-state index contributed by atoms with van der Waals surface area (Å²) in [5, 5.41) is 15.5. The summed E-state index contributed by atoms with van der Waals surface area (Å²) in [7, 11) is 0. The number of benzene rings is 3. The molecule has 2 heterocycles. The van der Waals surface area contributed by atoms with Crippen LogP contribution in [0.25, 0.3) is 0 Å². The van der Waals surface area contributed by atoms with Crippen LogP contribution in [0, 0.1) is 11.6 Å². The van der Waals surface area contributed by atoms with Crippen molar-refractivity contribution in [3.8, 4) is 0 Å². The second kappa shape index (κ2) is 8.17. The molecular formula is C24H15ClF5N3O3. The normalized spacial score (nSPS) is 22.9. The first kappa shape index (κ1) is 21.6. The van der Waals surface area contributed by atoms with Gasteiger partial charge in [0.05, 0.1) is 21.0 Å². The van der Waals surface area contributed by atoms with Gasteiger partial charge in [-0.05, 0) is 48.5 Å². The molecule has 2 atom stereocenters. The van der Waals surface area contributed by atoms with Crippen molar-refractivity contribution in [2.24, 2.45) is 0 Å². The van der Waals surface area contributed by atoms with E-state index >= 15 is 0 Å². The van der Waals surface area contributed by atoms with Gasteiger partial charge in [0.25, 0.3) is 5.91 Å². The molecule has 0 unspecified atom stereocenters. The van der Waals surface area contributed by atoms with Gasteiger partial charge in [0.1, 0.15) is 11.6 Å². The molecule has 186 valence electrons. The van der Waals surface area contributed by atoms with Crippen LogP contribution < -0.4 is 15.5 Å². The number of carbonyl (C=O) groups is 2. The lowest BCUT2D eigenvalue weighted by Crippen LogP contribution is -2.48. The topological polar surface area (TPSA) is 81.7 Å². The van der Waals surface area contributed by atoms with Crippen LogP contribution in [0.3, 0.4) is 0 Å². The summed E-state index contributed by atoms with van der Waals surface area (Å²) in [4.78, 5) is 26.0. The van der Waals surface area contributed by atoms with Crippen LogP contribution >= 0.6 is 11.6 Å². The molecular weight excluding hydrogens is 509 g/mol. The molecule has 36 heavy (non-hydrogen) atoms. The predicted molar refractivity (Wildman–Crippen MR) is 120 cm³/mol. The SMILES string of the molecule is [2H]C1([2H])N(C(=O)Nc2cccc3c2[C@H](c2cc(F)ccc2Cl)NC3=O)c2ccc(F)cc2[C@@]1(O)C(F)(F)F. The molecule has 0 radical (unpaired) electrons. The standard InChI is InChI=1S/C24H15ClF5N3O3/c25-16-6-4-11(26)8-14(16)20-19-13(21(34)32-20)2-1-3-17(19)31-22(35)33-10-23(36,24(28,29)30)15-9-12(27)5-7-18(15)33/h1-9,20,36H,10H2,(H,31,35)(H,32,34)/t20-,23+/m0/s1/i10D2. The van der Waals surface area contributed by atoms with Crippen LogP contribution in [-0.4, -0.2) is 29.7 Å². The third-order valence-electron chi connectivity index (χ3n) is 5.90. The Morgan fingerprint density at radius 3 is 2.58 bits per heavy atom. The number of anilines is 2. The van der Waals surface area contributed by atoms with E-state index in [9.17, 15) is 36.6 Å². The summed E-state index contributed by atoms with van der Waals surface area (Å²) in [6.07, 6.45) is -5.64. The Hall–Kier alpha value is -3.70. The number of halogens is 6. The monoisotopic (exact) mass is 525 g/mol. The summed E-state index contributed by atoms with van der Waals surface area (Å²) in [6, 6.07) is 6.68. The highest BCUT2D eigenvalue weighted by Crippen LogP contribution is 2.49. The summed E-state index contributed by atoms with van der Waals surface area (Å²) < 4.78 is 86.1. The molecule has 2 aliphatic heterocycles. The molecule has 6 nitrogen and oxygen atoms in total. The molecule has 3 N–H and O–H groups in total. The predicted octanol–water partition coefficient (Wildman–Crippen LogP) is 5.25. The molecule has 0 fully saturated rings. The molecule has 0 saturated heterocycles. The summed E-state index contributed by atoms with van der Waals surface area (Å²) in [5.74, 6) is -2.47. The maximum Gasteiger partial charge on any atom is 0.423 e. The highest BCUT2D eigenvalue weighted by molar-refractivity contribution is 6.31. The van der Waals surface area contributed by atoms with Gasteiger partial charge in [0.2, 0.25) is 5.60 Å². The fraction of sp³-hybridized carbons (Fsp3) is 0.167. The highest BCUT2D eigenvalue weighted by atomic mass is 35.5. The van der Waals surface area contributed by atoms with Gasteiger partial charge in [0.15, 0.2) is 0 Å². The average Bonchev–Trinajstić information content (AvgIpc) is 3.25. The Morgan fingerprint density at radius 1 is 1.17 bits per heavy atom. The van der Waals surface area contributed by atoms with E-state index in [2.05, 4.69) is 10.6 Å². The Balaban J connectivity index is 1.60. The van der Waals surface area contributed by atoms with Crippen LogP contribution in [0.1, 0.15) is 35.8 Å². The Labute approximate surface area is 208 Å². The van der Waals surface area contributed by atoms with Crippen molar-refractivity contribution in [1.29, 1.82) is 0 Å². The van der Waals surface area contributed by atoms with E-state index in [0.29, 0.717) is 12.1 Å². The maximum atomic E-state index is 14.0. The van der Waals surface area contributed by atoms with Crippen molar-refractivity contribution in [3.63, 3.8) is 0 Å². The van der Waals surface area contributed by atoms with E-state index < -0.39 is 59.1 Å². The third kappa shape index (κ3) is 3.66. The van der Waals surface area contributed by atoms with Crippen molar-refractivity contribution < 1.29 is 39.4 Å². The third-order valence-corrected chi connectivity index (χ3v) is 6.25. The minimum absolute atomic E-state index is 0.0308. The minimum Gasteiger partial charge on any atom is -0.375 e. The van der Waals surface area contributed by atoms with Gasteiger partial charge in [-0.1, -0.05) is 17.7 Å². The number of fused-ring (bicyclic) bond motifs is 2. The Morgan fingerprint density at radius 2 is 1.86 bits per heavy atom. The number of alkyl halides is 3. The lowest BCUT2D eigenvalue weighted by Gasteiger charge is -2.27. The molecule has 3 aromatic rings. The van der Waals surface area contributed by atoms with Crippen LogP contribution in [0.5, 0.6) is 0 Å². The summed E-state index contributed by atoms with van der Waals surface area (Å²) in [6.45, 7) is -3.82. The maximum absolute atomic E-state index is 14.0. The molecule has 0 spiro atoms. The van der Waals surface area contributed by atoms with E-state index in [1.54, 1.807) is 0 Å². The van der Waals surface area contributed by atoms with Gasteiger partial charge < -0.3 is 15.7 Å². The molecule has 3 aromatic carbocycles. The molecule has 2 aliphatic rings. The fourth-order valence-corrected chi connectivity index (χ4v) is 4.48. The number of carbonyl (C=O) groups excluding carboxylic acids is 2. The van der Waals surface area contributed by atoms with Gasteiger partial charge in [-0.2, -0.15) is 13.2 Å². The quantitative estimate of drug-likeness (QED) is 0.400. The number of amides is 3. The van der Waals surface area contributed by atoms with Gasteiger partial charge in [-0.3, -0.25) is 9.69 Å². The Bertz CT molecular complexity index is 1520. The van der Waals surface area contributed by atoms with Crippen molar-refractivity contribution >= 4 is 34.9 Å². The molecule has 3 amide bonds. The first-order valence-corrected chi connectivity index (χ1v) is 10.7. The summed E-state index contributed by atoms with van der Waals surface area (Å²) >= 11 is 6.20. The van der Waals surface area contributed by atoms with E-state index in [0.717, 1.165) is 18.2 Å². The van der Waals surface area contributed by atoms with Crippen molar-refractivity contribution in [3.05, 3.63) is 93.5 Å². The smallest absolute Gasteiger partial charge is 0.375 e. The molecule has 0 aliphatic carbocycles. The second-order valence-corrected chi connectivity index (χ2v) is 8.49. The average molecular weight is 526 g/mol. The van der Waals surface area contributed by atoms with E-state index in [-0.39, 0.29) is 32.3 Å². The highest BCUT2D eigenvalue weighted by Gasteiger charge is 2.61. The number of hydrogen-bond acceptors (Lipinski definition) is 3. The number of nitrogens with zero attached hydrogens (tertiary/aromatic N) is 1. The molecule has 5 rings (SSSR count). The van der Waals surface area contributed by atoms with Crippen molar-refractivity contribution in [2.45, 2.75) is 17.8 Å².